The van der Waals surface area contributed by atoms with Crippen molar-refractivity contribution in [1.82, 2.24) is 10.3 Å². The van der Waals surface area contributed by atoms with Crippen LogP contribution in [0.15, 0.2) is 47.5 Å². The Morgan fingerprint density at radius 3 is 2.36 bits per heavy atom. The van der Waals surface area contributed by atoms with Crippen LogP contribution >= 0.6 is 11.8 Å². The molecule has 3 rings (SSSR count). The Labute approximate surface area is 201 Å². The molecule has 1 aromatic carbocycles. The highest BCUT2D eigenvalue weighted by Crippen LogP contribution is 2.39. The number of nitrogens with one attached hydrogen (secondary N) is 1. The molecule has 2 aromatic rings. The van der Waals surface area contributed by atoms with Gasteiger partial charge in [-0.25, -0.2) is 0 Å². The molecule has 1 N–H and O–H groups in total. The molecule has 176 valence electrons. The number of imide groups is 1. The smallest absolute Gasteiger partial charge is 0.290 e. The summed E-state index contributed by atoms with van der Waals surface area (Å²) in [5.74, 6) is 0.384. The Kier molecular flexibility index (Phi) is 7.82. The third-order valence-electron chi connectivity index (χ3n) is 6.04. The van der Waals surface area contributed by atoms with Gasteiger partial charge in [0.25, 0.3) is 11.1 Å². The molecule has 1 atom stereocenters. The van der Waals surface area contributed by atoms with Crippen LogP contribution in [0.2, 0.25) is 18.1 Å². The van der Waals surface area contributed by atoms with Crippen molar-refractivity contribution in [2.75, 3.05) is 6.61 Å². The van der Waals surface area contributed by atoms with Crippen molar-refractivity contribution in [3.63, 3.8) is 0 Å². The van der Waals surface area contributed by atoms with E-state index in [9.17, 15) is 9.59 Å². The molecule has 0 aliphatic carbocycles. The van der Waals surface area contributed by atoms with E-state index in [0.717, 1.165) is 34.3 Å². The van der Waals surface area contributed by atoms with Gasteiger partial charge in [0.1, 0.15) is 5.75 Å². The minimum Gasteiger partial charge on any atom is -0.493 e. The van der Waals surface area contributed by atoms with Crippen molar-refractivity contribution in [3.8, 4) is 5.75 Å². The lowest BCUT2D eigenvalue weighted by molar-refractivity contribution is -0.115. The maximum Gasteiger partial charge on any atom is 0.290 e. The van der Waals surface area contributed by atoms with Crippen molar-refractivity contribution in [1.29, 1.82) is 0 Å². The van der Waals surface area contributed by atoms with Gasteiger partial charge in [-0.1, -0.05) is 39.0 Å². The molecule has 2 heterocycles. The summed E-state index contributed by atoms with van der Waals surface area (Å²) in [6, 6.07) is 11.5. The van der Waals surface area contributed by atoms with Crippen molar-refractivity contribution in [2.24, 2.45) is 0 Å². The fourth-order valence-corrected chi connectivity index (χ4v) is 5.07. The Morgan fingerprint density at radius 1 is 1.12 bits per heavy atom. The second kappa shape index (κ2) is 10.2. The molecule has 8 heteroatoms. The van der Waals surface area contributed by atoms with E-state index in [1.54, 1.807) is 6.08 Å². The lowest BCUT2D eigenvalue weighted by Gasteiger charge is -2.38. The number of rotatable bonds is 8. The van der Waals surface area contributed by atoms with Crippen molar-refractivity contribution in [2.45, 2.75) is 58.4 Å². The zero-order valence-corrected chi connectivity index (χ0v) is 21.9. The highest BCUT2D eigenvalue weighted by Gasteiger charge is 2.38. The quantitative estimate of drug-likeness (QED) is 0.360. The van der Waals surface area contributed by atoms with Gasteiger partial charge in [0.15, 0.2) is 8.32 Å². The summed E-state index contributed by atoms with van der Waals surface area (Å²) in [5.41, 5.74) is 2.89. The normalized spacial score (nSPS) is 16.7. The lowest BCUT2D eigenvalue weighted by Crippen LogP contribution is -2.41. The van der Waals surface area contributed by atoms with Crippen molar-refractivity contribution >= 4 is 37.3 Å². The molecule has 33 heavy (non-hydrogen) atoms. The van der Waals surface area contributed by atoms with E-state index in [2.05, 4.69) is 57.2 Å². The minimum atomic E-state index is -1.83. The van der Waals surface area contributed by atoms with Gasteiger partial charge in [0.05, 0.1) is 17.6 Å². The molecule has 0 radical (unpaired) electrons. The molecular weight excluding hydrogens is 452 g/mol. The number of benzene rings is 1. The van der Waals surface area contributed by atoms with Gasteiger partial charge in [-0.2, -0.15) is 0 Å². The fourth-order valence-electron chi connectivity index (χ4n) is 3.02. The van der Waals surface area contributed by atoms with Gasteiger partial charge < -0.3 is 9.16 Å². The predicted octanol–water partition coefficient (Wildman–Crippen LogP) is 6.11. The Hall–Kier alpha value is -2.42. The van der Waals surface area contributed by atoms with E-state index in [-0.39, 0.29) is 22.3 Å². The summed E-state index contributed by atoms with van der Waals surface area (Å²) in [5, 5.41) is 2.08. The first-order chi connectivity index (χ1) is 15.4. The average molecular weight is 485 g/mol. The number of nitrogens with zero attached hydrogens (tertiary/aromatic N) is 1. The second-order valence-corrected chi connectivity index (χ2v) is 15.4. The minimum absolute atomic E-state index is 0.0176. The topological polar surface area (TPSA) is 77.5 Å². The molecule has 0 spiro atoms. The van der Waals surface area contributed by atoms with Crippen molar-refractivity contribution in [3.05, 3.63) is 64.3 Å². The van der Waals surface area contributed by atoms with Gasteiger partial charge in [-0.05, 0) is 72.2 Å². The van der Waals surface area contributed by atoms with Gasteiger partial charge >= 0.3 is 0 Å². The van der Waals surface area contributed by atoms with Gasteiger partial charge in [0, 0.05) is 18.3 Å². The molecule has 0 bridgehead atoms. The molecule has 1 unspecified atom stereocenters. The molecular formula is C25H32N2O4SSi. The maximum atomic E-state index is 11.6. The standard InChI is InChI=1S/C25H32N2O4SSi/c1-17(31-33(5,6)25(2,3)4)19-9-10-20(26-16-19)13-14-30-21-11-7-18(8-12-21)15-22-23(28)27-24(29)32-22/h7-12,15-17H,13-14H2,1-6H3,(H,27,28,29)/b22-15-. The van der Waals surface area contributed by atoms with Crippen LogP contribution < -0.4 is 10.1 Å². The summed E-state index contributed by atoms with van der Waals surface area (Å²) in [6.45, 7) is 13.9. The molecule has 2 amide bonds. The van der Waals surface area contributed by atoms with Crippen molar-refractivity contribution < 1.29 is 18.8 Å². The SMILES string of the molecule is CC(O[Si](C)(C)C(C)(C)C)c1ccc(CCOc2ccc(/C=C3\SC(=O)NC3=O)cc2)nc1. The van der Waals surface area contributed by atoms with E-state index < -0.39 is 8.32 Å². The summed E-state index contributed by atoms with van der Waals surface area (Å²) in [6.07, 6.45) is 4.31. The van der Waals surface area contributed by atoms with E-state index in [4.69, 9.17) is 9.16 Å². The highest BCUT2D eigenvalue weighted by atomic mass is 32.2. The van der Waals surface area contributed by atoms with Crippen LogP contribution in [0, 0.1) is 0 Å². The molecule has 1 aromatic heterocycles. The van der Waals surface area contributed by atoms with Gasteiger partial charge in [-0.15, -0.1) is 0 Å². The van der Waals surface area contributed by atoms with Crippen LogP contribution in [0.3, 0.4) is 0 Å². The summed E-state index contributed by atoms with van der Waals surface area (Å²) >= 11 is 0.908. The first-order valence-electron chi connectivity index (χ1n) is 11.0. The van der Waals surface area contributed by atoms with Crippen LogP contribution in [-0.4, -0.2) is 31.1 Å². The molecule has 0 saturated carbocycles. The Balaban J connectivity index is 1.49. The van der Waals surface area contributed by atoms with Crippen LogP contribution in [0.1, 0.15) is 50.6 Å². The largest absolute Gasteiger partial charge is 0.493 e. The molecule has 1 fully saturated rings. The zero-order chi connectivity index (χ0) is 24.2. The maximum absolute atomic E-state index is 11.6. The number of carbonyl (C=O) groups excluding carboxylic acids is 2. The molecule has 6 nitrogen and oxygen atoms in total. The average Bonchev–Trinajstić information content (AvgIpc) is 3.05. The molecule has 1 saturated heterocycles. The summed E-state index contributed by atoms with van der Waals surface area (Å²) in [7, 11) is -1.83. The van der Waals surface area contributed by atoms with Gasteiger partial charge in [0.2, 0.25) is 0 Å². The van der Waals surface area contributed by atoms with E-state index in [1.165, 1.54) is 0 Å². The van der Waals surface area contributed by atoms with E-state index >= 15 is 0 Å². The monoisotopic (exact) mass is 484 g/mol. The zero-order valence-electron chi connectivity index (χ0n) is 20.1. The Morgan fingerprint density at radius 2 is 1.82 bits per heavy atom. The van der Waals surface area contributed by atoms with Crippen LogP contribution in [0.4, 0.5) is 4.79 Å². The summed E-state index contributed by atoms with van der Waals surface area (Å²) < 4.78 is 12.3. The van der Waals surface area contributed by atoms with Crippen LogP contribution in [0.5, 0.6) is 5.75 Å². The first kappa shape index (κ1) is 25.2. The van der Waals surface area contributed by atoms with Crippen LogP contribution in [-0.2, 0) is 15.6 Å². The predicted molar refractivity (Wildman–Crippen MR) is 136 cm³/mol. The molecule has 1 aliphatic rings. The fraction of sp³-hybridized carbons (Fsp3) is 0.400. The van der Waals surface area contributed by atoms with Crippen LogP contribution in [0.25, 0.3) is 6.08 Å². The summed E-state index contributed by atoms with van der Waals surface area (Å²) in [4.78, 5) is 27.9. The number of aromatic nitrogens is 1. The third-order valence-corrected chi connectivity index (χ3v) is 11.4. The highest BCUT2D eigenvalue weighted by molar-refractivity contribution is 8.18. The number of pyridine rings is 1. The Bertz CT molecular complexity index is 1030. The number of thioether (sulfide) groups is 1. The van der Waals surface area contributed by atoms with E-state index in [1.807, 2.05) is 36.5 Å². The molecule has 1 aliphatic heterocycles. The number of carbonyl (C=O) groups is 2. The third kappa shape index (κ3) is 6.78. The number of ether oxygens (including phenoxy) is 1. The van der Waals surface area contributed by atoms with Gasteiger partial charge in [-0.3, -0.25) is 19.9 Å². The van der Waals surface area contributed by atoms with E-state index in [0.29, 0.717) is 17.9 Å². The lowest BCUT2D eigenvalue weighted by atomic mass is 10.1. The number of hydrogen-bond donors (Lipinski definition) is 1. The number of amides is 2. The second-order valence-electron chi connectivity index (χ2n) is 9.62. The number of hydrogen-bond acceptors (Lipinski definition) is 6. The first-order valence-corrected chi connectivity index (χ1v) is 14.8.